The molecule has 1 aromatic heterocycles. The summed E-state index contributed by atoms with van der Waals surface area (Å²) in [6.07, 6.45) is 0.753. The molecule has 1 heterocycles. The minimum absolute atomic E-state index is 0.281. The topological polar surface area (TPSA) is 63.8 Å². The first-order valence-electron chi connectivity index (χ1n) is 6.11. The van der Waals surface area contributed by atoms with E-state index in [1.165, 1.54) is 6.21 Å². The molecule has 0 fully saturated rings. The number of nitrogens with one attached hydrogen (secondary N) is 1. The van der Waals surface area contributed by atoms with Crippen molar-refractivity contribution in [2.75, 3.05) is 6.61 Å². The van der Waals surface area contributed by atoms with E-state index in [9.17, 15) is 4.79 Å². The molecule has 0 aliphatic rings. The summed E-state index contributed by atoms with van der Waals surface area (Å²) >= 11 is 11.8. The predicted octanol–water partition coefficient (Wildman–Crippen LogP) is 4.33. The number of carbonyl (C=O) groups is 1. The molecule has 7 heteroatoms. The molecule has 1 N–H and O–H groups in total. The van der Waals surface area contributed by atoms with E-state index in [1.54, 1.807) is 37.3 Å². The van der Waals surface area contributed by atoms with Crippen molar-refractivity contribution in [3.63, 3.8) is 0 Å². The number of hydrogen-bond acceptors (Lipinski definition) is 4. The highest BCUT2D eigenvalue weighted by Crippen LogP contribution is 2.29. The summed E-state index contributed by atoms with van der Waals surface area (Å²) in [5, 5.41) is 4.64. The number of ether oxygens (including phenoxy) is 1. The van der Waals surface area contributed by atoms with Crippen LogP contribution in [0, 0.1) is 0 Å². The normalized spacial score (nSPS) is 10.8. The Labute approximate surface area is 131 Å². The molecular formula is C14H12Cl2N2O3. The molecule has 0 saturated carbocycles. The number of hydrogen-bond donors (Lipinski definition) is 1. The second-order valence-corrected chi connectivity index (χ2v) is 4.74. The lowest BCUT2D eigenvalue weighted by molar-refractivity contribution is 0.152. The van der Waals surface area contributed by atoms with Gasteiger partial charge in [-0.15, -0.1) is 0 Å². The van der Waals surface area contributed by atoms with E-state index in [0.717, 1.165) is 5.56 Å². The molecule has 0 aliphatic heterocycles. The smallest absolute Gasteiger partial charge is 0.427 e. The average Bonchev–Trinajstić information content (AvgIpc) is 2.91. The standard InChI is InChI=1S/C14H12Cl2N2O3/c1-2-20-14(19)18-17-8-10-4-6-13(21-10)9-3-5-11(15)12(16)7-9/h3-8H,2H2,1H3,(H,18,19)/b17-8-. The fourth-order valence-corrected chi connectivity index (χ4v) is 1.84. The monoisotopic (exact) mass is 326 g/mol. The van der Waals surface area contributed by atoms with Crippen LogP contribution in [0.25, 0.3) is 11.3 Å². The van der Waals surface area contributed by atoms with Crippen molar-refractivity contribution in [3.05, 3.63) is 46.1 Å². The zero-order valence-corrected chi connectivity index (χ0v) is 12.6. The van der Waals surface area contributed by atoms with E-state index in [0.29, 0.717) is 21.6 Å². The van der Waals surface area contributed by atoms with E-state index in [4.69, 9.17) is 27.6 Å². The van der Waals surface area contributed by atoms with Crippen LogP contribution in [0.4, 0.5) is 4.79 Å². The number of halogens is 2. The summed E-state index contributed by atoms with van der Waals surface area (Å²) < 4.78 is 10.2. The maximum absolute atomic E-state index is 11.0. The summed E-state index contributed by atoms with van der Waals surface area (Å²) in [4.78, 5) is 11.0. The van der Waals surface area contributed by atoms with E-state index in [1.807, 2.05) is 0 Å². The minimum Gasteiger partial charge on any atom is -0.455 e. The molecule has 0 bridgehead atoms. The summed E-state index contributed by atoms with van der Waals surface area (Å²) in [7, 11) is 0. The zero-order chi connectivity index (χ0) is 15.2. The molecule has 1 aromatic carbocycles. The quantitative estimate of drug-likeness (QED) is 0.671. The largest absolute Gasteiger partial charge is 0.455 e. The molecular weight excluding hydrogens is 315 g/mol. The van der Waals surface area contributed by atoms with Crippen LogP contribution in [0.1, 0.15) is 12.7 Å². The maximum Gasteiger partial charge on any atom is 0.427 e. The van der Waals surface area contributed by atoms with Crippen LogP contribution < -0.4 is 5.43 Å². The molecule has 0 atom stereocenters. The van der Waals surface area contributed by atoms with Crippen molar-refractivity contribution in [2.24, 2.45) is 5.10 Å². The summed E-state index contributed by atoms with van der Waals surface area (Å²) in [5.41, 5.74) is 3.00. The molecule has 21 heavy (non-hydrogen) atoms. The summed E-state index contributed by atoms with van der Waals surface area (Å²) in [6.45, 7) is 1.99. The van der Waals surface area contributed by atoms with Crippen LogP contribution in [0.2, 0.25) is 10.0 Å². The molecule has 1 amide bonds. The van der Waals surface area contributed by atoms with Gasteiger partial charge in [-0.25, -0.2) is 10.2 Å². The van der Waals surface area contributed by atoms with Gasteiger partial charge in [0.15, 0.2) is 0 Å². The lowest BCUT2D eigenvalue weighted by Gasteiger charge is -1.99. The predicted molar refractivity (Wildman–Crippen MR) is 81.9 cm³/mol. The third-order valence-electron chi connectivity index (χ3n) is 2.45. The van der Waals surface area contributed by atoms with Gasteiger partial charge in [0, 0.05) is 5.56 Å². The van der Waals surface area contributed by atoms with Gasteiger partial charge in [-0.3, -0.25) is 0 Å². The van der Waals surface area contributed by atoms with Crippen molar-refractivity contribution in [2.45, 2.75) is 6.92 Å². The van der Waals surface area contributed by atoms with Crippen LogP contribution in [-0.4, -0.2) is 18.9 Å². The Kier molecular flexibility index (Phi) is 5.25. The SMILES string of the molecule is CCOC(=O)N/N=C\c1ccc(-c2ccc(Cl)c(Cl)c2)o1. The fourth-order valence-electron chi connectivity index (χ4n) is 1.54. The van der Waals surface area contributed by atoms with Crippen molar-refractivity contribution < 1.29 is 13.9 Å². The first-order valence-corrected chi connectivity index (χ1v) is 6.87. The van der Waals surface area contributed by atoms with Gasteiger partial charge < -0.3 is 9.15 Å². The molecule has 0 saturated heterocycles. The molecule has 0 spiro atoms. The van der Waals surface area contributed by atoms with E-state index in [-0.39, 0.29) is 6.61 Å². The Morgan fingerprint density at radius 3 is 2.86 bits per heavy atom. The van der Waals surface area contributed by atoms with Crippen LogP contribution in [-0.2, 0) is 4.74 Å². The van der Waals surface area contributed by atoms with Crippen LogP contribution in [0.3, 0.4) is 0 Å². The van der Waals surface area contributed by atoms with Gasteiger partial charge in [-0.2, -0.15) is 5.10 Å². The van der Waals surface area contributed by atoms with E-state index < -0.39 is 6.09 Å². The van der Waals surface area contributed by atoms with Gasteiger partial charge in [0.25, 0.3) is 0 Å². The summed E-state index contributed by atoms with van der Waals surface area (Å²) in [5.74, 6) is 1.10. The molecule has 5 nitrogen and oxygen atoms in total. The number of furan rings is 1. The number of benzene rings is 1. The van der Waals surface area contributed by atoms with Gasteiger partial charge >= 0.3 is 6.09 Å². The first kappa shape index (κ1) is 15.4. The lowest BCUT2D eigenvalue weighted by atomic mass is 10.2. The van der Waals surface area contributed by atoms with Crippen LogP contribution in [0.15, 0.2) is 39.9 Å². The molecule has 0 aliphatic carbocycles. The van der Waals surface area contributed by atoms with Crippen LogP contribution in [0.5, 0.6) is 0 Å². The first-order chi connectivity index (χ1) is 10.1. The number of carbonyl (C=O) groups excluding carboxylic acids is 1. The Hall–Kier alpha value is -1.98. The Morgan fingerprint density at radius 1 is 1.33 bits per heavy atom. The number of nitrogens with zero attached hydrogens (tertiary/aromatic N) is 1. The van der Waals surface area contributed by atoms with Crippen molar-refractivity contribution in [1.29, 1.82) is 0 Å². The van der Waals surface area contributed by atoms with Crippen molar-refractivity contribution in [1.82, 2.24) is 5.43 Å². The number of hydrazone groups is 1. The highest BCUT2D eigenvalue weighted by molar-refractivity contribution is 6.42. The Balaban J connectivity index is 2.05. The fraction of sp³-hybridized carbons (Fsp3) is 0.143. The van der Waals surface area contributed by atoms with Crippen molar-refractivity contribution >= 4 is 35.5 Å². The zero-order valence-electron chi connectivity index (χ0n) is 11.1. The van der Waals surface area contributed by atoms with Crippen LogP contribution >= 0.6 is 23.2 Å². The molecule has 2 rings (SSSR count). The van der Waals surface area contributed by atoms with E-state index >= 15 is 0 Å². The Bertz CT molecular complexity index is 668. The molecule has 110 valence electrons. The molecule has 0 radical (unpaired) electrons. The Morgan fingerprint density at radius 2 is 2.14 bits per heavy atom. The highest BCUT2D eigenvalue weighted by atomic mass is 35.5. The summed E-state index contributed by atoms with van der Waals surface area (Å²) in [6, 6.07) is 8.68. The third-order valence-corrected chi connectivity index (χ3v) is 3.19. The average molecular weight is 327 g/mol. The van der Waals surface area contributed by atoms with Gasteiger partial charge in [0.05, 0.1) is 22.9 Å². The van der Waals surface area contributed by atoms with E-state index in [2.05, 4.69) is 15.3 Å². The molecule has 2 aromatic rings. The third kappa shape index (κ3) is 4.24. The second kappa shape index (κ2) is 7.15. The van der Waals surface area contributed by atoms with Crippen molar-refractivity contribution in [3.8, 4) is 11.3 Å². The highest BCUT2D eigenvalue weighted by Gasteiger charge is 2.06. The minimum atomic E-state index is -0.620. The molecule has 0 unspecified atom stereocenters. The van der Waals surface area contributed by atoms with Gasteiger partial charge in [-0.05, 0) is 37.3 Å². The number of rotatable bonds is 4. The number of amides is 1. The van der Waals surface area contributed by atoms with Gasteiger partial charge in [-0.1, -0.05) is 23.2 Å². The maximum atomic E-state index is 11.0. The second-order valence-electron chi connectivity index (χ2n) is 3.92. The van der Waals surface area contributed by atoms with Gasteiger partial charge in [0.1, 0.15) is 11.5 Å². The van der Waals surface area contributed by atoms with Gasteiger partial charge in [0.2, 0.25) is 0 Å². The lowest BCUT2D eigenvalue weighted by Crippen LogP contribution is -2.18.